The maximum Gasteiger partial charge on any atom is 0.254 e. The number of hydrogen-bond acceptors (Lipinski definition) is 4. The summed E-state index contributed by atoms with van der Waals surface area (Å²) in [6.07, 6.45) is 1.73. The van der Waals surface area contributed by atoms with Crippen LogP contribution in [0.5, 0.6) is 0 Å². The van der Waals surface area contributed by atoms with E-state index in [0.29, 0.717) is 29.1 Å². The molecule has 5 nitrogen and oxygen atoms in total. The number of halogens is 1. The van der Waals surface area contributed by atoms with Crippen molar-refractivity contribution >= 4 is 18.3 Å². The molecule has 0 saturated carbocycles. The highest BCUT2D eigenvalue weighted by Gasteiger charge is 2.38. The van der Waals surface area contributed by atoms with Crippen molar-refractivity contribution in [2.45, 2.75) is 6.92 Å². The Morgan fingerprint density at radius 3 is 2.48 bits per heavy atom. The Balaban J connectivity index is 0.00000205. The molecule has 1 N–H and O–H groups in total. The molecule has 3 heterocycles. The maximum atomic E-state index is 13.2. The molecule has 6 heteroatoms. The molecule has 1 aromatic heterocycles. The lowest BCUT2D eigenvalue weighted by Crippen LogP contribution is -2.32. The number of amides is 1. The summed E-state index contributed by atoms with van der Waals surface area (Å²) >= 11 is 0. The highest BCUT2D eigenvalue weighted by Crippen LogP contribution is 2.32. The zero-order chi connectivity index (χ0) is 19.1. The topological polar surface area (TPSA) is 58.4 Å². The summed E-state index contributed by atoms with van der Waals surface area (Å²) in [6, 6.07) is 15.8. The number of carbonyl (C=O) groups is 1. The van der Waals surface area contributed by atoms with Crippen molar-refractivity contribution in [3.05, 3.63) is 65.9 Å². The molecule has 2 aromatic carbocycles. The summed E-state index contributed by atoms with van der Waals surface area (Å²) in [5.41, 5.74) is 3.59. The van der Waals surface area contributed by atoms with E-state index in [1.165, 1.54) is 5.56 Å². The number of benzene rings is 2. The molecule has 0 bridgehead atoms. The fourth-order valence-electron chi connectivity index (χ4n) is 4.30. The molecule has 2 aliphatic heterocycles. The predicted molar refractivity (Wildman–Crippen MR) is 115 cm³/mol. The molecule has 0 aliphatic carbocycles. The van der Waals surface area contributed by atoms with Gasteiger partial charge in [0.25, 0.3) is 5.91 Å². The van der Waals surface area contributed by atoms with Crippen LogP contribution in [-0.4, -0.2) is 42.0 Å². The van der Waals surface area contributed by atoms with E-state index in [-0.39, 0.29) is 18.3 Å². The Kier molecular flexibility index (Phi) is 5.43. The molecule has 0 radical (unpaired) electrons. The molecule has 0 spiro atoms. The highest BCUT2D eigenvalue weighted by molar-refractivity contribution is 6.00. The van der Waals surface area contributed by atoms with Crippen LogP contribution in [0.2, 0.25) is 0 Å². The molecular formula is C23H24ClN3O2. The Labute approximate surface area is 176 Å². The predicted octanol–water partition coefficient (Wildman–Crippen LogP) is 4.03. The van der Waals surface area contributed by atoms with E-state index in [1.54, 1.807) is 6.20 Å². The zero-order valence-corrected chi connectivity index (χ0v) is 17.1. The van der Waals surface area contributed by atoms with E-state index < -0.39 is 0 Å². The Bertz CT molecular complexity index is 1000. The van der Waals surface area contributed by atoms with Crippen LogP contribution in [0.25, 0.3) is 22.8 Å². The van der Waals surface area contributed by atoms with E-state index in [0.717, 1.165) is 37.3 Å². The summed E-state index contributed by atoms with van der Waals surface area (Å²) in [4.78, 5) is 19.7. The van der Waals surface area contributed by atoms with E-state index in [9.17, 15) is 4.79 Å². The van der Waals surface area contributed by atoms with Crippen LogP contribution in [0.15, 0.2) is 59.1 Å². The van der Waals surface area contributed by atoms with Crippen molar-refractivity contribution in [2.75, 3.05) is 26.2 Å². The molecule has 5 rings (SSSR count). The van der Waals surface area contributed by atoms with Crippen LogP contribution in [0, 0.1) is 18.8 Å². The minimum absolute atomic E-state index is 0. The Morgan fingerprint density at radius 2 is 1.76 bits per heavy atom. The molecule has 1 amide bonds. The number of oxazole rings is 1. The number of aromatic nitrogens is 1. The zero-order valence-electron chi connectivity index (χ0n) is 16.3. The first-order chi connectivity index (χ1) is 13.7. The van der Waals surface area contributed by atoms with E-state index >= 15 is 0 Å². The number of aryl methyl sites for hydroxylation is 1. The lowest BCUT2D eigenvalue weighted by molar-refractivity contribution is 0.0782. The molecule has 150 valence electrons. The number of fused-ring (bicyclic) bond motifs is 1. The van der Waals surface area contributed by atoms with Crippen LogP contribution in [0.4, 0.5) is 0 Å². The van der Waals surface area contributed by atoms with Gasteiger partial charge in [0.1, 0.15) is 0 Å². The van der Waals surface area contributed by atoms with Crippen molar-refractivity contribution in [3.8, 4) is 22.8 Å². The summed E-state index contributed by atoms with van der Waals surface area (Å²) in [6.45, 7) is 5.72. The lowest BCUT2D eigenvalue weighted by atomic mass is 10.0. The number of carbonyl (C=O) groups excluding carboxylic acids is 1. The third-order valence-electron chi connectivity index (χ3n) is 5.91. The number of nitrogens with one attached hydrogen (secondary N) is 1. The fraction of sp³-hybridized carbons (Fsp3) is 0.304. The number of likely N-dealkylation sites (tertiary alicyclic amines) is 1. The van der Waals surface area contributed by atoms with Gasteiger partial charge >= 0.3 is 0 Å². The first-order valence-corrected chi connectivity index (χ1v) is 9.81. The van der Waals surface area contributed by atoms with Crippen molar-refractivity contribution in [2.24, 2.45) is 11.8 Å². The van der Waals surface area contributed by atoms with E-state index in [1.807, 2.05) is 53.4 Å². The molecular weight excluding hydrogens is 386 g/mol. The van der Waals surface area contributed by atoms with Crippen LogP contribution in [0.1, 0.15) is 15.9 Å². The van der Waals surface area contributed by atoms with Gasteiger partial charge in [0, 0.05) is 37.3 Å². The van der Waals surface area contributed by atoms with Crippen LogP contribution in [0.3, 0.4) is 0 Å². The first kappa shape index (κ1) is 19.7. The van der Waals surface area contributed by atoms with E-state index in [2.05, 4.69) is 17.2 Å². The molecule has 29 heavy (non-hydrogen) atoms. The highest BCUT2D eigenvalue weighted by atomic mass is 35.5. The van der Waals surface area contributed by atoms with Gasteiger partial charge in [0.05, 0.1) is 11.8 Å². The van der Waals surface area contributed by atoms with Crippen molar-refractivity contribution < 1.29 is 9.21 Å². The second-order valence-corrected chi connectivity index (χ2v) is 7.83. The molecule has 2 atom stereocenters. The fourth-order valence-corrected chi connectivity index (χ4v) is 4.30. The van der Waals surface area contributed by atoms with Gasteiger partial charge in [-0.2, -0.15) is 0 Å². The smallest absolute Gasteiger partial charge is 0.254 e. The van der Waals surface area contributed by atoms with Gasteiger partial charge in [-0.1, -0.05) is 42.0 Å². The third kappa shape index (κ3) is 3.68. The molecule has 2 saturated heterocycles. The minimum Gasteiger partial charge on any atom is -0.436 e. The number of nitrogens with zero attached hydrogens (tertiary/aromatic N) is 2. The van der Waals surface area contributed by atoms with Gasteiger partial charge < -0.3 is 14.6 Å². The van der Waals surface area contributed by atoms with Gasteiger partial charge in [0.2, 0.25) is 5.89 Å². The average molecular weight is 410 g/mol. The van der Waals surface area contributed by atoms with Gasteiger partial charge in [-0.05, 0) is 30.9 Å². The summed E-state index contributed by atoms with van der Waals surface area (Å²) in [5.74, 6) is 2.41. The van der Waals surface area contributed by atoms with Crippen LogP contribution >= 0.6 is 12.4 Å². The second-order valence-electron chi connectivity index (χ2n) is 7.83. The van der Waals surface area contributed by atoms with Crippen molar-refractivity contribution in [3.63, 3.8) is 0 Å². The molecule has 2 fully saturated rings. The summed E-state index contributed by atoms with van der Waals surface area (Å²) in [5, 5.41) is 3.42. The molecule has 2 aliphatic rings. The second kappa shape index (κ2) is 8.01. The van der Waals surface area contributed by atoms with Crippen LogP contribution in [-0.2, 0) is 0 Å². The monoisotopic (exact) mass is 409 g/mol. The SMILES string of the molecule is Cc1ccc(-c2cnc(-c3ccccc3C(=O)N3C[C@H]4CNC[C@H]4C3)o2)cc1.Cl. The van der Waals surface area contributed by atoms with Crippen molar-refractivity contribution in [1.29, 1.82) is 0 Å². The first-order valence-electron chi connectivity index (χ1n) is 9.81. The molecule has 3 aromatic rings. The number of hydrogen-bond donors (Lipinski definition) is 1. The van der Waals surface area contributed by atoms with Gasteiger partial charge in [0.15, 0.2) is 5.76 Å². The summed E-state index contributed by atoms with van der Waals surface area (Å²) < 4.78 is 6.03. The van der Waals surface area contributed by atoms with Gasteiger partial charge in [-0.3, -0.25) is 4.79 Å². The largest absolute Gasteiger partial charge is 0.436 e. The normalized spacial score (nSPS) is 20.4. The number of rotatable bonds is 3. The lowest BCUT2D eigenvalue weighted by Gasteiger charge is -2.18. The molecule has 0 unspecified atom stereocenters. The Morgan fingerprint density at radius 1 is 1.07 bits per heavy atom. The standard InChI is InChI=1S/C23H23N3O2.ClH/c1-15-6-8-16(9-7-15)21-12-25-22(28-21)19-4-2-3-5-20(19)23(27)26-13-17-10-24-11-18(17)14-26;/h2-9,12,17-18,24H,10-11,13-14H2,1H3;1H/t17-,18+;. The quantitative estimate of drug-likeness (QED) is 0.709. The average Bonchev–Trinajstić information content (AvgIpc) is 3.44. The maximum absolute atomic E-state index is 13.2. The summed E-state index contributed by atoms with van der Waals surface area (Å²) in [7, 11) is 0. The van der Waals surface area contributed by atoms with E-state index in [4.69, 9.17) is 4.42 Å². The third-order valence-corrected chi connectivity index (χ3v) is 5.91. The van der Waals surface area contributed by atoms with Crippen molar-refractivity contribution in [1.82, 2.24) is 15.2 Å². The minimum atomic E-state index is 0. The van der Waals surface area contributed by atoms with Crippen LogP contribution < -0.4 is 5.32 Å². The van der Waals surface area contributed by atoms with Gasteiger partial charge in [-0.15, -0.1) is 12.4 Å². The van der Waals surface area contributed by atoms with Gasteiger partial charge in [-0.25, -0.2) is 4.98 Å². The Hall–Kier alpha value is -2.63.